The van der Waals surface area contributed by atoms with Gasteiger partial charge in [-0.05, 0) is 51.2 Å². The van der Waals surface area contributed by atoms with E-state index in [1.165, 1.54) is 5.56 Å². The molecule has 1 aliphatic heterocycles. The summed E-state index contributed by atoms with van der Waals surface area (Å²) in [5.74, 6) is -0.205. The van der Waals surface area contributed by atoms with Crippen LogP contribution in [0.5, 0.6) is 0 Å². The number of amides is 1. The quantitative estimate of drug-likeness (QED) is 0.657. The molecular formula is C25H35N3O3. The van der Waals surface area contributed by atoms with Crippen molar-refractivity contribution in [3.8, 4) is 0 Å². The van der Waals surface area contributed by atoms with Gasteiger partial charge in [-0.15, -0.1) is 0 Å². The Kier molecular flexibility index (Phi) is 7.91. The molecule has 0 aliphatic carbocycles. The summed E-state index contributed by atoms with van der Waals surface area (Å²) in [4.78, 5) is 27.3. The van der Waals surface area contributed by atoms with Crippen molar-refractivity contribution in [2.45, 2.75) is 59.0 Å². The number of nitrogens with one attached hydrogen (secondary N) is 1. The van der Waals surface area contributed by atoms with E-state index >= 15 is 0 Å². The third kappa shape index (κ3) is 5.76. The van der Waals surface area contributed by atoms with E-state index in [9.17, 15) is 9.59 Å². The summed E-state index contributed by atoms with van der Waals surface area (Å²) in [6.45, 7) is 8.99. The van der Waals surface area contributed by atoms with Gasteiger partial charge in [0.25, 0.3) is 0 Å². The van der Waals surface area contributed by atoms with E-state index in [0.29, 0.717) is 25.0 Å². The fraction of sp³-hybridized carbons (Fsp3) is 0.520. The number of hydrogen-bond donors (Lipinski definition) is 1. The third-order valence-corrected chi connectivity index (χ3v) is 6.35. The number of esters is 1. The lowest BCUT2D eigenvalue weighted by Crippen LogP contribution is -2.44. The molecule has 1 N–H and O–H groups in total. The number of aromatic nitrogens is 1. The van der Waals surface area contributed by atoms with Crippen LogP contribution in [-0.2, 0) is 29.5 Å². The van der Waals surface area contributed by atoms with Gasteiger partial charge in [0.2, 0.25) is 5.91 Å². The number of hydrogen-bond acceptors (Lipinski definition) is 4. The van der Waals surface area contributed by atoms with Gasteiger partial charge in [0.05, 0.1) is 12.2 Å². The van der Waals surface area contributed by atoms with Crippen LogP contribution in [0.3, 0.4) is 0 Å². The van der Waals surface area contributed by atoms with Crippen LogP contribution in [0.1, 0.15) is 59.1 Å². The molecule has 0 bridgehead atoms. The topological polar surface area (TPSA) is 63.6 Å². The molecule has 31 heavy (non-hydrogen) atoms. The van der Waals surface area contributed by atoms with Crippen molar-refractivity contribution in [3.63, 3.8) is 0 Å². The van der Waals surface area contributed by atoms with Crippen LogP contribution in [0.15, 0.2) is 30.3 Å². The SMILES string of the molecule is CCOC(=O)c1c(C)c(CCC(=O)NC2CCN(Cc3ccccc3)CC2)n(C)c1C. The van der Waals surface area contributed by atoms with Gasteiger partial charge in [-0.2, -0.15) is 0 Å². The summed E-state index contributed by atoms with van der Waals surface area (Å²) in [6, 6.07) is 10.8. The van der Waals surface area contributed by atoms with Gasteiger partial charge >= 0.3 is 5.97 Å². The monoisotopic (exact) mass is 425 g/mol. The molecule has 0 radical (unpaired) electrons. The van der Waals surface area contributed by atoms with Crippen molar-refractivity contribution in [1.82, 2.24) is 14.8 Å². The van der Waals surface area contributed by atoms with Gasteiger partial charge in [-0.3, -0.25) is 9.69 Å². The van der Waals surface area contributed by atoms with Crippen molar-refractivity contribution in [2.75, 3.05) is 19.7 Å². The van der Waals surface area contributed by atoms with Crippen LogP contribution in [0.4, 0.5) is 0 Å². The minimum absolute atomic E-state index is 0.0810. The van der Waals surface area contributed by atoms with E-state index in [1.54, 1.807) is 0 Å². The zero-order chi connectivity index (χ0) is 22.4. The summed E-state index contributed by atoms with van der Waals surface area (Å²) < 4.78 is 7.21. The Labute approximate surface area is 185 Å². The summed E-state index contributed by atoms with van der Waals surface area (Å²) in [5, 5.41) is 3.21. The third-order valence-electron chi connectivity index (χ3n) is 6.35. The molecule has 2 heterocycles. The highest BCUT2D eigenvalue weighted by Crippen LogP contribution is 2.23. The average Bonchev–Trinajstić information content (AvgIpc) is 2.97. The number of rotatable bonds is 8. The van der Waals surface area contributed by atoms with Crippen LogP contribution in [0, 0.1) is 13.8 Å². The van der Waals surface area contributed by atoms with Crippen molar-refractivity contribution >= 4 is 11.9 Å². The zero-order valence-corrected chi connectivity index (χ0v) is 19.2. The van der Waals surface area contributed by atoms with E-state index in [-0.39, 0.29) is 17.9 Å². The first-order valence-corrected chi connectivity index (χ1v) is 11.3. The Morgan fingerprint density at radius 2 is 1.81 bits per heavy atom. The first-order valence-electron chi connectivity index (χ1n) is 11.3. The summed E-state index contributed by atoms with van der Waals surface area (Å²) >= 11 is 0. The normalized spacial score (nSPS) is 15.1. The molecule has 168 valence electrons. The van der Waals surface area contributed by atoms with Crippen LogP contribution in [0.2, 0.25) is 0 Å². The molecule has 0 saturated carbocycles. The van der Waals surface area contributed by atoms with E-state index in [0.717, 1.165) is 49.4 Å². The van der Waals surface area contributed by atoms with Crippen LogP contribution in [-0.4, -0.2) is 47.1 Å². The highest BCUT2D eigenvalue weighted by Gasteiger charge is 2.23. The Morgan fingerprint density at radius 1 is 1.13 bits per heavy atom. The second-order valence-corrected chi connectivity index (χ2v) is 8.42. The molecular weight excluding hydrogens is 390 g/mol. The molecule has 0 atom stereocenters. The molecule has 2 aromatic rings. The Hall–Kier alpha value is -2.60. The molecule has 1 aromatic heterocycles. The lowest BCUT2D eigenvalue weighted by atomic mass is 10.0. The van der Waals surface area contributed by atoms with Gasteiger partial charge in [-0.25, -0.2) is 4.79 Å². The lowest BCUT2D eigenvalue weighted by Gasteiger charge is -2.32. The number of benzene rings is 1. The number of likely N-dealkylation sites (tertiary alicyclic amines) is 1. The lowest BCUT2D eigenvalue weighted by molar-refractivity contribution is -0.122. The maximum atomic E-state index is 12.6. The van der Waals surface area contributed by atoms with E-state index in [4.69, 9.17) is 4.74 Å². The average molecular weight is 426 g/mol. The van der Waals surface area contributed by atoms with Gasteiger partial charge in [-0.1, -0.05) is 30.3 Å². The summed E-state index contributed by atoms with van der Waals surface area (Å²) in [5.41, 5.74) is 4.79. The Balaban J connectivity index is 1.48. The van der Waals surface area contributed by atoms with Gasteiger partial charge < -0.3 is 14.6 Å². The molecule has 6 nitrogen and oxygen atoms in total. The predicted octanol–water partition coefficient (Wildman–Crippen LogP) is 3.53. The Morgan fingerprint density at radius 3 is 2.45 bits per heavy atom. The highest BCUT2D eigenvalue weighted by atomic mass is 16.5. The van der Waals surface area contributed by atoms with Crippen molar-refractivity contribution in [2.24, 2.45) is 7.05 Å². The van der Waals surface area contributed by atoms with Crippen molar-refractivity contribution < 1.29 is 14.3 Å². The number of ether oxygens (including phenoxy) is 1. The molecule has 3 rings (SSSR count). The maximum Gasteiger partial charge on any atom is 0.340 e. The standard InChI is InChI=1S/C25H35N3O3/c1-5-31-25(30)24-18(2)22(27(4)19(24)3)11-12-23(29)26-21-13-15-28(16-14-21)17-20-9-7-6-8-10-20/h6-10,21H,5,11-17H2,1-4H3,(H,26,29). The molecule has 1 amide bonds. The second kappa shape index (κ2) is 10.6. The smallest absolute Gasteiger partial charge is 0.340 e. The van der Waals surface area contributed by atoms with E-state index < -0.39 is 0 Å². The molecule has 1 aromatic carbocycles. The van der Waals surface area contributed by atoms with Gasteiger partial charge in [0.15, 0.2) is 0 Å². The molecule has 1 saturated heterocycles. The number of carbonyl (C=O) groups excluding carboxylic acids is 2. The first kappa shape index (κ1) is 23.1. The molecule has 0 spiro atoms. The van der Waals surface area contributed by atoms with E-state index in [1.807, 2.05) is 38.5 Å². The predicted molar refractivity (Wildman–Crippen MR) is 122 cm³/mol. The largest absolute Gasteiger partial charge is 0.462 e. The fourth-order valence-corrected chi connectivity index (χ4v) is 4.51. The second-order valence-electron chi connectivity index (χ2n) is 8.42. The van der Waals surface area contributed by atoms with Crippen molar-refractivity contribution in [3.05, 3.63) is 58.4 Å². The fourth-order valence-electron chi connectivity index (χ4n) is 4.51. The van der Waals surface area contributed by atoms with Crippen molar-refractivity contribution in [1.29, 1.82) is 0 Å². The zero-order valence-electron chi connectivity index (χ0n) is 19.2. The summed E-state index contributed by atoms with van der Waals surface area (Å²) in [6.07, 6.45) is 2.99. The van der Waals surface area contributed by atoms with Gasteiger partial charge in [0.1, 0.15) is 0 Å². The number of piperidine rings is 1. The van der Waals surface area contributed by atoms with E-state index in [2.05, 4.69) is 34.5 Å². The molecule has 0 unspecified atom stereocenters. The minimum atomic E-state index is -0.286. The van der Waals surface area contributed by atoms with Gasteiger partial charge in [0, 0.05) is 50.5 Å². The summed E-state index contributed by atoms with van der Waals surface area (Å²) in [7, 11) is 1.95. The van der Waals surface area contributed by atoms with Crippen LogP contribution in [0.25, 0.3) is 0 Å². The first-order chi connectivity index (χ1) is 14.9. The molecule has 1 fully saturated rings. The number of carbonyl (C=O) groups is 2. The van der Waals surface area contributed by atoms with Crippen LogP contribution >= 0.6 is 0 Å². The molecule has 6 heteroatoms. The van der Waals surface area contributed by atoms with Crippen LogP contribution < -0.4 is 5.32 Å². The highest BCUT2D eigenvalue weighted by molar-refractivity contribution is 5.93. The minimum Gasteiger partial charge on any atom is -0.462 e. The Bertz CT molecular complexity index is 896. The molecule has 1 aliphatic rings. The maximum absolute atomic E-state index is 12.6. The number of nitrogens with zero attached hydrogens (tertiary/aromatic N) is 2.